The molecule has 4 rings (SSSR count). The number of carbonyl (C=O) groups is 4. The van der Waals surface area contributed by atoms with Crippen molar-refractivity contribution >= 4 is 29.3 Å². The van der Waals surface area contributed by atoms with E-state index in [1.54, 1.807) is 17.7 Å². The number of nitrogens with zero attached hydrogens (tertiary/aromatic N) is 4. The second kappa shape index (κ2) is 15.1. The third kappa shape index (κ3) is 8.43. The van der Waals surface area contributed by atoms with Crippen LogP contribution < -0.4 is 16.4 Å². The lowest BCUT2D eigenvalue weighted by Gasteiger charge is -2.34. The van der Waals surface area contributed by atoms with Crippen LogP contribution in [-0.2, 0) is 27.3 Å². The molecule has 1 aliphatic heterocycles. The summed E-state index contributed by atoms with van der Waals surface area (Å²) in [5.41, 5.74) is 8.01. The third-order valence-electron chi connectivity index (χ3n) is 8.75. The standard InChI is InChI=1S/C32H47N7O4/c1-4-28(40)35-26(32(43)38-18-16-37(3)17-19-38)20-22-12-14-24(15-13-22)34-31(42)29(23-10-8-6-7-9-11-23)25-21-27(30(33)41)39(5-2)36-25/h12-15,21,23,26,29H,4-11,16-20H2,1-3H3,(H2,33,41)(H,34,42)(H,35,40)/t26-,29+/m1/s1. The Balaban J connectivity index is 1.50. The summed E-state index contributed by atoms with van der Waals surface area (Å²) in [6.07, 6.45) is 6.93. The molecule has 1 saturated carbocycles. The van der Waals surface area contributed by atoms with Crippen molar-refractivity contribution < 1.29 is 19.2 Å². The van der Waals surface area contributed by atoms with Gasteiger partial charge in [0.05, 0.1) is 11.6 Å². The van der Waals surface area contributed by atoms with Crippen LogP contribution in [-0.4, -0.2) is 82.5 Å². The molecule has 2 atom stereocenters. The highest BCUT2D eigenvalue weighted by atomic mass is 16.2. The first-order valence-corrected chi connectivity index (χ1v) is 15.7. The van der Waals surface area contributed by atoms with E-state index in [-0.39, 0.29) is 23.6 Å². The number of aryl methyl sites for hydroxylation is 1. The summed E-state index contributed by atoms with van der Waals surface area (Å²) >= 11 is 0. The number of hydrogen-bond donors (Lipinski definition) is 3. The van der Waals surface area contributed by atoms with E-state index in [0.717, 1.165) is 57.2 Å². The number of primary amides is 1. The Morgan fingerprint density at radius 1 is 0.977 bits per heavy atom. The van der Waals surface area contributed by atoms with E-state index in [0.29, 0.717) is 49.6 Å². The lowest BCUT2D eigenvalue weighted by atomic mass is 9.83. The average molecular weight is 594 g/mol. The van der Waals surface area contributed by atoms with Crippen molar-refractivity contribution in [1.82, 2.24) is 24.9 Å². The summed E-state index contributed by atoms with van der Waals surface area (Å²) in [5, 5.41) is 10.6. The largest absolute Gasteiger partial charge is 0.364 e. The van der Waals surface area contributed by atoms with Crippen molar-refractivity contribution in [2.24, 2.45) is 11.7 Å². The molecular formula is C32H47N7O4. The lowest BCUT2D eigenvalue weighted by molar-refractivity contribution is -0.137. The first-order chi connectivity index (χ1) is 20.7. The molecule has 43 heavy (non-hydrogen) atoms. The fraction of sp³-hybridized carbons (Fsp3) is 0.594. The van der Waals surface area contributed by atoms with Crippen LogP contribution in [0.4, 0.5) is 5.69 Å². The fourth-order valence-electron chi connectivity index (χ4n) is 6.19. The lowest BCUT2D eigenvalue weighted by Crippen LogP contribution is -2.54. The van der Waals surface area contributed by atoms with Gasteiger partial charge in [-0.05, 0) is 56.5 Å². The van der Waals surface area contributed by atoms with Crippen molar-refractivity contribution in [2.45, 2.75) is 83.7 Å². The number of benzene rings is 1. The minimum atomic E-state index is -0.649. The molecule has 2 heterocycles. The maximum atomic E-state index is 13.8. The van der Waals surface area contributed by atoms with Gasteiger partial charge in [-0.2, -0.15) is 5.10 Å². The van der Waals surface area contributed by atoms with Crippen LogP contribution in [0.5, 0.6) is 0 Å². The number of nitrogens with one attached hydrogen (secondary N) is 2. The van der Waals surface area contributed by atoms with Crippen LogP contribution in [0, 0.1) is 5.92 Å². The molecule has 1 aromatic heterocycles. The molecule has 11 heteroatoms. The number of piperazine rings is 1. The van der Waals surface area contributed by atoms with Gasteiger partial charge < -0.3 is 26.2 Å². The Morgan fingerprint density at radius 3 is 2.19 bits per heavy atom. The van der Waals surface area contributed by atoms with Crippen molar-refractivity contribution in [3.63, 3.8) is 0 Å². The van der Waals surface area contributed by atoms with Gasteiger partial charge in [0.2, 0.25) is 17.7 Å². The molecule has 234 valence electrons. The molecular weight excluding hydrogens is 546 g/mol. The summed E-state index contributed by atoms with van der Waals surface area (Å²) in [6.45, 7) is 7.03. The van der Waals surface area contributed by atoms with Crippen LogP contribution in [0.25, 0.3) is 0 Å². The van der Waals surface area contributed by atoms with E-state index in [1.807, 2.05) is 43.1 Å². The number of rotatable bonds is 11. The van der Waals surface area contributed by atoms with E-state index < -0.39 is 17.9 Å². The minimum Gasteiger partial charge on any atom is -0.364 e. The number of aromatic nitrogens is 2. The van der Waals surface area contributed by atoms with Crippen LogP contribution in [0.3, 0.4) is 0 Å². The molecule has 11 nitrogen and oxygen atoms in total. The maximum Gasteiger partial charge on any atom is 0.266 e. The Morgan fingerprint density at radius 2 is 1.63 bits per heavy atom. The Bertz CT molecular complexity index is 1260. The van der Waals surface area contributed by atoms with Gasteiger partial charge in [-0.3, -0.25) is 23.9 Å². The number of likely N-dealkylation sites (N-methyl/N-ethyl adjacent to an activating group) is 1. The van der Waals surface area contributed by atoms with Crippen LogP contribution in [0.1, 0.15) is 86.5 Å². The van der Waals surface area contributed by atoms with E-state index in [4.69, 9.17) is 5.73 Å². The van der Waals surface area contributed by atoms with E-state index in [9.17, 15) is 19.2 Å². The summed E-state index contributed by atoms with van der Waals surface area (Å²) in [6, 6.07) is 8.45. The number of anilines is 1. The van der Waals surface area contributed by atoms with E-state index in [1.165, 1.54) is 0 Å². The van der Waals surface area contributed by atoms with E-state index >= 15 is 0 Å². The second-order valence-electron chi connectivity index (χ2n) is 11.9. The zero-order valence-corrected chi connectivity index (χ0v) is 25.8. The van der Waals surface area contributed by atoms with Crippen LogP contribution in [0.2, 0.25) is 0 Å². The molecule has 0 spiro atoms. The number of carbonyl (C=O) groups excluding carboxylic acids is 4. The van der Waals surface area contributed by atoms with Gasteiger partial charge in [0.1, 0.15) is 11.7 Å². The van der Waals surface area contributed by atoms with Gasteiger partial charge in [0.25, 0.3) is 5.91 Å². The average Bonchev–Trinajstić information content (AvgIpc) is 3.25. The van der Waals surface area contributed by atoms with Gasteiger partial charge in [0, 0.05) is 51.3 Å². The molecule has 0 unspecified atom stereocenters. The van der Waals surface area contributed by atoms with Crippen molar-refractivity contribution in [3.8, 4) is 0 Å². The first kappa shape index (κ1) is 32.2. The number of hydrogen-bond acceptors (Lipinski definition) is 6. The van der Waals surface area contributed by atoms with Crippen molar-refractivity contribution in [1.29, 1.82) is 0 Å². The summed E-state index contributed by atoms with van der Waals surface area (Å²) in [7, 11) is 2.04. The van der Waals surface area contributed by atoms with Gasteiger partial charge in [0.15, 0.2) is 0 Å². The maximum absolute atomic E-state index is 13.8. The normalized spacial score (nSPS) is 18.0. The molecule has 1 aromatic carbocycles. The summed E-state index contributed by atoms with van der Waals surface area (Å²) in [5.74, 6) is -1.33. The fourth-order valence-corrected chi connectivity index (χ4v) is 6.19. The number of nitrogens with two attached hydrogens (primary N) is 1. The zero-order chi connectivity index (χ0) is 30.9. The Labute approximate surface area is 254 Å². The molecule has 0 bridgehead atoms. The summed E-state index contributed by atoms with van der Waals surface area (Å²) in [4.78, 5) is 55.5. The Kier molecular flexibility index (Phi) is 11.3. The van der Waals surface area contributed by atoms with Crippen LogP contribution in [0.15, 0.2) is 30.3 Å². The molecule has 1 aliphatic carbocycles. The quantitative estimate of drug-likeness (QED) is 0.342. The van der Waals surface area contributed by atoms with Crippen molar-refractivity contribution in [2.75, 3.05) is 38.5 Å². The first-order valence-electron chi connectivity index (χ1n) is 15.7. The van der Waals surface area contributed by atoms with Gasteiger partial charge in [-0.25, -0.2) is 0 Å². The monoisotopic (exact) mass is 593 g/mol. The highest BCUT2D eigenvalue weighted by molar-refractivity contribution is 5.97. The van der Waals surface area contributed by atoms with Gasteiger partial charge >= 0.3 is 0 Å². The van der Waals surface area contributed by atoms with Gasteiger partial charge in [-0.15, -0.1) is 0 Å². The molecule has 1 saturated heterocycles. The highest BCUT2D eigenvalue weighted by Gasteiger charge is 2.34. The highest BCUT2D eigenvalue weighted by Crippen LogP contribution is 2.36. The predicted octanol–water partition coefficient (Wildman–Crippen LogP) is 2.91. The topological polar surface area (TPSA) is 143 Å². The molecule has 4 N–H and O–H groups in total. The van der Waals surface area contributed by atoms with E-state index in [2.05, 4.69) is 20.6 Å². The Hall–Kier alpha value is -3.73. The molecule has 0 radical (unpaired) electrons. The summed E-state index contributed by atoms with van der Waals surface area (Å²) < 4.78 is 1.57. The minimum absolute atomic E-state index is 0.0691. The smallest absolute Gasteiger partial charge is 0.266 e. The predicted molar refractivity (Wildman–Crippen MR) is 165 cm³/mol. The number of amides is 4. The van der Waals surface area contributed by atoms with Crippen molar-refractivity contribution in [3.05, 3.63) is 47.3 Å². The molecule has 2 aromatic rings. The molecule has 4 amide bonds. The second-order valence-corrected chi connectivity index (χ2v) is 11.9. The SMILES string of the molecule is CCC(=O)N[C@H](Cc1ccc(NC(=O)[C@H](c2cc(C(N)=O)n(CC)n2)C2CCCCCC2)cc1)C(=O)N1CCN(C)CC1. The molecule has 2 aliphatic rings. The third-order valence-corrected chi connectivity index (χ3v) is 8.75. The van der Waals surface area contributed by atoms with Crippen LogP contribution >= 0.6 is 0 Å². The van der Waals surface area contributed by atoms with Gasteiger partial charge in [-0.1, -0.05) is 44.7 Å². The molecule has 2 fully saturated rings. The zero-order valence-electron chi connectivity index (χ0n) is 25.8.